The standard InChI is InChI=1S/C24H20FN7O3/c1-31-23(28-29-30-31)32-22-12-16(25)10-11-21(22)27-24(32)35-14-18-7-5-6-17(26-18)13-19(33)15-34-20-8-3-2-4-9-20/h2-12H,13-15H2,1H3. The second-order valence-electron chi connectivity index (χ2n) is 7.69. The zero-order valence-corrected chi connectivity index (χ0v) is 18.7. The first-order valence-corrected chi connectivity index (χ1v) is 10.7. The second kappa shape index (κ2) is 9.67. The number of aryl methyl sites for hydroxylation is 1. The first-order chi connectivity index (χ1) is 17.1. The molecule has 0 unspecified atom stereocenters. The maximum absolute atomic E-state index is 13.9. The van der Waals surface area contributed by atoms with E-state index in [2.05, 4.69) is 25.5 Å². The summed E-state index contributed by atoms with van der Waals surface area (Å²) >= 11 is 0. The highest BCUT2D eigenvalue weighted by Gasteiger charge is 2.19. The van der Waals surface area contributed by atoms with Crippen LogP contribution in [0.5, 0.6) is 11.8 Å². The molecule has 5 aromatic rings. The number of hydrogen-bond donors (Lipinski definition) is 0. The molecule has 5 rings (SSSR count). The molecule has 0 radical (unpaired) electrons. The molecule has 0 aliphatic heterocycles. The maximum Gasteiger partial charge on any atom is 0.305 e. The average Bonchev–Trinajstić information content (AvgIpc) is 3.44. The lowest BCUT2D eigenvalue weighted by Gasteiger charge is -2.09. The number of rotatable bonds is 9. The number of para-hydroxylation sites is 1. The Kier molecular flexibility index (Phi) is 6.12. The van der Waals surface area contributed by atoms with Crippen LogP contribution >= 0.6 is 0 Å². The Hall–Kier alpha value is -4.67. The van der Waals surface area contributed by atoms with Crippen LogP contribution in [0.15, 0.2) is 66.7 Å². The van der Waals surface area contributed by atoms with E-state index in [1.807, 2.05) is 18.2 Å². The number of tetrazole rings is 1. The van der Waals surface area contributed by atoms with Crippen LogP contribution in [0, 0.1) is 5.82 Å². The Morgan fingerprint density at radius 1 is 0.971 bits per heavy atom. The highest BCUT2D eigenvalue weighted by atomic mass is 19.1. The summed E-state index contributed by atoms with van der Waals surface area (Å²) in [7, 11) is 1.66. The molecule has 2 aromatic carbocycles. The van der Waals surface area contributed by atoms with E-state index < -0.39 is 5.82 Å². The van der Waals surface area contributed by atoms with E-state index in [1.54, 1.807) is 43.4 Å². The molecule has 35 heavy (non-hydrogen) atoms. The molecule has 0 spiro atoms. The fourth-order valence-corrected chi connectivity index (χ4v) is 3.51. The maximum atomic E-state index is 13.9. The van der Waals surface area contributed by atoms with Gasteiger partial charge in [0.05, 0.1) is 23.1 Å². The summed E-state index contributed by atoms with van der Waals surface area (Å²) < 4.78 is 28.4. The van der Waals surface area contributed by atoms with Gasteiger partial charge in [0.2, 0.25) is 0 Å². The molecule has 3 aromatic heterocycles. The zero-order valence-electron chi connectivity index (χ0n) is 18.7. The van der Waals surface area contributed by atoms with Gasteiger partial charge in [-0.15, -0.1) is 0 Å². The molecule has 11 heteroatoms. The largest absolute Gasteiger partial charge is 0.486 e. The zero-order chi connectivity index (χ0) is 24.2. The van der Waals surface area contributed by atoms with Gasteiger partial charge in [-0.3, -0.25) is 9.78 Å². The molecule has 176 valence electrons. The molecular formula is C24H20FN7O3. The summed E-state index contributed by atoms with van der Waals surface area (Å²) in [5, 5.41) is 11.5. The number of ether oxygens (including phenoxy) is 2. The monoisotopic (exact) mass is 473 g/mol. The van der Waals surface area contributed by atoms with Crippen LogP contribution in [-0.4, -0.2) is 47.1 Å². The van der Waals surface area contributed by atoms with E-state index in [0.717, 1.165) is 0 Å². The normalized spacial score (nSPS) is 11.0. The molecule has 10 nitrogen and oxygen atoms in total. The van der Waals surface area contributed by atoms with Crippen LogP contribution in [0.25, 0.3) is 17.0 Å². The SMILES string of the molecule is Cn1nnnc1-n1c(OCc2cccc(CC(=O)COc3ccccc3)n2)nc2ccc(F)cc21. The van der Waals surface area contributed by atoms with Crippen LogP contribution in [0.4, 0.5) is 4.39 Å². The van der Waals surface area contributed by atoms with Crippen molar-refractivity contribution in [1.29, 1.82) is 0 Å². The fraction of sp³-hybridized carbons (Fsp3) is 0.167. The molecule has 3 heterocycles. The van der Waals surface area contributed by atoms with Gasteiger partial charge in [0.15, 0.2) is 5.78 Å². The first-order valence-electron chi connectivity index (χ1n) is 10.7. The van der Waals surface area contributed by atoms with Gasteiger partial charge in [-0.05, 0) is 46.8 Å². The number of aromatic nitrogens is 7. The molecule has 0 atom stereocenters. The number of nitrogens with zero attached hydrogens (tertiary/aromatic N) is 7. The summed E-state index contributed by atoms with van der Waals surface area (Å²) in [6.07, 6.45) is 0.128. The predicted octanol–water partition coefficient (Wildman–Crippen LogP) is 2.85. The van der Waals surface area contributed by atoms with E-state index in [9.17, 15) is 9.18 Å². The van der Waals surface area contributed by atoms with Gasteiger partial charge in [0, 0.05) is 18.8 Å². The lowest BCUT2D eigenvalue weighted by atomic mass is 10.2. The van der Waals surface area contributed by atoms with Gasteiger partial charge in [-0.2, -0.15) is 4.98 Å². The van der Waals surface area contributed by atoms with Crippen molar-refractivity contribution in [3.05, 3.63) is 83.9 Å². The third-order valence-electron chi connectivity index (χ3n) is 5.12. The van der Waals surface area contributed by atoms with E-state index in [1.165, 1.54) is 21.4 Å². The molecule has 0 fully saturated rings. The average molecular weight is 473 g/mol. The minimum atomic E-state index is -0.421. The number of Topliss-reactive ketones (excluding diaryl/α,β-unsaturated/α-hetero) is 1. The number of fused-ring (bicyclic) bond motifs is 1. The molecule has 0 saturated heterocycles. The summed E-state index contributed by atoms with van der Waals surface area (Å²) in [6.45, 7) is 0.0262. The van der Waals surface area contributed by atoms with E-state index >= 15 is 0 Å². The van der Waals surface area contributed by atoms with Crippen molar-refractivity contribution in [2.75, 3.05) is 6.61 Å². The van der Waals surface area contributed by atoms with Crippen LogP contribution in [0.2, 0.25) is 0 Å². The lowest BCUT2D eigenvalue weighted by Crippen LogP contribution is -2.15. The topological polar surface area (TPSA) is 110 Å². The summed E-state index contributed by atoms with van der Waals surface area (Å²) in [5.74, 6) is 0.435. The smallest absolute Gasteiger partial charge is 0.305 e. The van der Waals surface area contributed by atoms with Crippen LogP contribution in [-0.2, 0) is 24.9 Å². The quantitative estimate of drug-likeness (QED) is 0.321. The van der Waals surface area contributed by atoms with Gasteiger partial charge in [-0.1, -0.05) is 29.4 Å². The van der Waals surface area contributed by atoms with Crippen LogP contribution in [0.3, 0.4) is 0 Å². The third kappa shape index (κ3) is 4.98. The van der Waals surface area contributed by atoms with E-state index in [0.29, 0.717) is 34.1 Å². The molecule has 0 saturated carbocycles. The lowest BCUT2D eigenvalue weighted by molar-refractivity contribution is -0.120. The Morgan fingerprint density at radius 3 is 2.60 bits per heavy atom. The van der Waals surface area contributed by atoms with Crippen molar-refractivity contribution in [2.45, 2.75) is 13.0 Å². The molecule has 0 N–H and O–H groups in total. The van der Waals surface area contributed by atoms with Gasteiger partial charge in [-0.25, -0.2) is 13.6 Å². The van der Waals surface area contributed by atoms with Crippen LogP contribution < -0.4 is 9.47 Å². The minimum Gasteiger partial charge on any atom is -0.486 e. The Bertz CT molecular complexity index is 1480. The molecular weight excluding hydrogens is 453 g/mol. The van der Waals surface area contributed by atoms with Gasteiger partial charge in [0.1, 0.15) is 24.8 Å². The Morgan fingerprint density at radius 2 is 1.80 bits per heavy atom. The highest BCUT2D eigenvalue weighted by molar-refractivity contribution is 5.82. The van der Waals surface area contributed by atoms with Gasteiger partial charge >= 0.3 is 6.01 Å². The number of ketones is 1. The van der Waals surface area contributed by atoms with Crippen molar-refractivity contribution in [2.24, 2.45) is 7.05 Å². The Labute approximate surface area is 199 Å². The second-order valence-corrected chi connectivity index (χ2v) is 7.69. The number of hydrogen-bond acceptors (Lipinski definition) is 8. The predicted molar refractivity (Wildman–Crippen MR) is 123 cm³/mol. The number of carbonyl (C=O) groups is 1. The van der Waals surface area contributed by atoms with Crippen LogP contribution in [0.1, 0.15) is 11.4 Å². The van der Waals surface area contributed by atoms with E-state index in [-0.39, 0.29) is 31.4 Å². The third-order valence-corrected chi connectivity index (χ3v) is 5.12. The number of pyridine rings is 1. The minimum absolute atomic E-state index is 0.0429. The van der Waals surface area contributed by atoms with E-state index in [4.69, 9.17) is 9.47 Å². The molecule has 0 amide bonds. The summed E-state index contributed by atoms with van der Waals surface area (Å²) in [5.41, 5.74) is 2.18. The molecule has 0 bridgehead atoms. The molecule has 0 aliphatic carbocycles. The Balaban J connectivity index is 1.30. The number of benzene rings is 2. The number of imidazole rings is 1. The highest BCUT2D eigenvalue weighted by Crippen LogP contribution is 2.26. The fourth-order valence-electron chi connectivity index (χ4n) is 3.51. The van der Waals surface area contributed by atoms with Crippen molar-refractivity contribution in [1.82, 2.24) is 34.7 Å². The number of halogens is 1. The molecule has 0 aliphatic rings. The van der Waals surface area contributed by atoms with Crippen molar-refractivity contribution in [3.8, 4) is 17.7 Å². The van der Waals surface area contributed by atoms with Gasteiger partial charge in [0.25, 0.3) is 5.95 Å². The first kappa shape index (κ1) is 22.1. The van der Waals surface area contributed by atoms with Crippen molar-refractivity contribution < 1.29 is 18.7 Å². The summed E-state index contributed by atoms with van der Waals surface area (Å²) in [6, 6.07) is 18.9. The van der Waals surface area contributed by atoms with Gasteiger partial charge < -0.3 is 9.47 Å². The number of carbonyl (C=O) groups excluding carboxylic acids is 1. The summed E-state index contributed by atoms with van der Waals surface area (Å²) in [4.78, 5) is 21.3. The van der Waals surface area contributed by atoms with Crippen molar-refractivity contribution in [3.63, 3.8) is 0 Å². The van der Waals surface area contributed by atoms with Crippen molar-refractivity contribution >= 4 is 16.8 Å².